The zero-order valence-corrected chi connectivity index (χ0v) is 16.9. The van der Waals surface area contributed by atoms with E-state index in [0.717, 1.165) is 10.7 Å². The van der Waals surface area contributed by atoms with E-state index in [0.29, 0.717) is 29.3 Å². The molecule has 7 nitrogen and oxygen atoms in total. The molecule has 28 heavy (non-hydrogen) atoms. The Morgan fingerprint density at radius 3 is 2.64 bits per heavy atom. The molecule has 0 fully saturated rings. The van der Waals surface area contributed by atoms with E-state index in [9.17, 15) is 10.1 Å². The second-order valence-corrected chi connectivity index (χ2v) is 6.91. The van der Waals surface area contributed by atoms with Crippen molar-refractivity contribution in [2.45, 2.75) is 6.54 Å². The summed E-state index contributed by atoms with van der Waals surface area (Å²) in [6.45, 7) is 0.533. The summed E-state index contributed by atoms with van der Waals surface area (Å²) in [4.78, 5) is 17.1. The molecule has 9 heteroatoms. The average Bonchev–Trinajstić information content (AvgIpc) is 3.22. The molecule has 0 radical (unpaired) electrons. The maximum Gasteiger partial charge on any atom is 0.270 e. The van der Waals surface area contributed by atoms with E-state index in [4.69, 9.17) is 21.1 Å². The molecular weight excluding hydrogens is 402 g/mol. The summed E-state index contributed by atoms with van der Waals surface area (Å²) in [5.41, 5.74) is 2.39. The number of alkyl halides is 1. The van der Waals surface area contributed by atoms with Gasteiger partial charge in [-0.1, -0.05) is 18.2 Å². The van der Waals surface area contributed by atoms with Crippen LogP contribution in [0.1, 0.15) is 5.56 Å². The lowest BCUT2D eigenvalue weighted by molar-refractivity contribution is -0.384. The first-order valence-electron chi connectivity index (χ1n) is 8.28. The number of nitrogens with zero attached hydrogens (tertiary/aromatic N) is 3. The van der Waals surface area contributed by atoms with Crippen molar-refractivity contribution in [2.75, 3.05) is 25.1 Å². The summed E-state index contributed by atoms with van der Waals surface area (Å²) >= 11 is 7.59. The van der Waals surface area contributed by atoms with Crippen LogP contribution in [0.4, 0.5) is 10.8 Å². The van der Waals surface area contributed by atoms with Gasteiger partial charge in [0.05, 0.1) is 30.8 Å². The predicted molar refractivity (Wildman–Crippen MR) is 111 cm³/mol. The first-order valence-corrected chi connectivity index (χ1v) is 9.69. The molecule has 0 saturated heterocycles. The van der Waals surface area contributed by atoms with Crippen LogP contribution in [0.2, 0.25) is 0 Å². The lowest BCUT2D eigenvalue weighted by Crippen LogP contribution is -2.20. The molecule has 2 aromatic carbocycles. The molecule has 146 valence electrons. The van der Waals surface area contributed by atoms with Gasteiger partial charge >= 0.3 is 0 Å². The Hall–Kier alpha value is -2.84. The summed E-state index contributed by atoms with van der Waals surface area (Å²) in [5.74, 6) is 1.30. The fourth-order valence-corrected chi connectivity index (χ4v) is 3.78. The number of benzene rings is 2. The first kappa shape index (κ1) is 19.9. The van der Waals surface area contributed by atoms with Crippen LogP contribution in [-0.4, -0.2) is 30.1 Å². The van der Waals surface area contributed by atoms with E-state index in [2.05, 4.69) is 4.98 Å². The summed E-state index contributed by atoms with van der Waals surface area (Å²) < 4.78 is 10.6. The third-order valence-electron chi connectivity index (χ3n) is 4.08. The fourth-order valence-electron chi connectivity index (χ4n) is 2.68. The van der Waals surface area contributed by atoms with E-state index in [1.54, 1.807) is 26.4 Å². The van der Waals surface area contributed by atoms with Crippen LogP contribution in [0, 0.1) is 10.1 Å². The second-order valence-electron chi connectivity index (χ2n) is 5.83. The summed E-state index contributed by atoms with van der Waals surface area (Å²) in [6.07, 6.45) is 0. The number of nitro groups is 1. The number of hydrogen-bond acceptors (Lipinski definition) is 7. The minimum Gasteiger partial charge on any atom is -0.493 e. The van der Waals surface area contributed by atoms with E-state index < -0.39 is 4.92 Å². The SMILES string of the molecule is COc1ccc(CN(CCl)c2nc(-c3cccc([N+](=O)[O-])c3)cs2)cc1OC. The number of ether oxygens (including phenoxy) is 2. The highest BCUT2D eigenvalue weighted by Gasteiger charge is 2.15. The van der Waals surface area contributed by atoms with Gasteiger partial charge in [0.25, 0.3) is 5.69 Å². The highest BCUT2D eigenvalue weighted by molar-refractivity contribution is 7.14. The van der Waals surface area contributed by atoms with Crippen LogP contribution < -0.4 is 14.4 Å². The Morgan fingerprint density at radius 1 is 1.18 bits per heavy atom. The zero-order chi connectivity index (χ0) is 20.1. The van der Waals surface area contributed by atoms with Crippen LogP contribution >= 0.6 is 22.9 Å². The number of nitro benzene ring substituents is 1. The monoisotopic (exact) mass is 419 g/mol. The van der Waals surface area contributed by atoms with E-state index in [1.807, 2.05) is 28.5 Å². The standard InChI is InChI=1S/C19H18ClN3O4S/c1-26-17-7-6-13(8-18(17)27-2)10-22(12-20)19-21-16(11-28-19)14-4-3-5-15(9-14)23(24)25/h3-9,11H,10,12H2,1-2H3. The van der Waals surface area contributed by atoms with Gasteiger partial charge in [-0.05, 0) is 17.7 Å². The van der Waals surface area contributed by atoms with Crippen molar-refractivity contribution in [1.29, 1.82) is 0 Å². The number of thiazole rings is 1. The van der Waals surface area contributed by atoms with Gasteiger partial charge in [-0.3, -0.25) is 10.1 Å². The molecule has 1 heterocycles. The van der Waals surface area contributed by atoms with Crippen LogP contribution in [0.3, 0.4) is 0 Å². The van der Waals surface area contributed by atoms with Crippen molar-refractivity contribution in [3.8, 4) is 22.8 Å². The molecule has 0 amide bonds. The lowest BCUT2D eigenvalue weighted by atomic mass is 10.1. The largest absolute Gasteiger partial charge is 0.493 e. The molecule has 0 saturated carbocycles. The highest BCUT2D eigenvalue weighted by atomic mass is 35.5. The third-order valence-corrected chi connectivity index (χ3v) is 5.27. The molecule has 0 aliphatic heterocycles. The lowest BCUT2D eigenvalue weighted by Gasteiger charge is -2.19. The number of aromatic nitrogens is 1. The van der Waals surface area contributed by atoms with E-state index >= 15 is 0 Å². The maximum absolute atomic E-state index is 11.0. The molecule has 0 aliphatic rings. The van der Waals surface area contributed by atoms with Crippen molar-refractivity contribution >= 4 is 33.8 Å². The number of non-ortho nitro benzene ring substituents is 1. The molecule has 0 spiro atoms. The Balaban J connectivity index is 1.83. The quantitative estimate of drug-likeness (QED) is 0.223. The minimum atomic E-state index is -0.418. The van der Waals surface area contributed by atoms with Crippen molar-refractivity contribution in [1.82, 2.24) is 4.98 Å². The molecular formula is C19H18ClN3O4S. The highest BCUT2D eigenvalue weighted by Crippen LogP contribution is 2.32. The summed E-state index contributed by atoms with van der Waals surface area (Å²) in [6, 6.07) is 12.3. The van der Waals surface area contributed by atoms with Gasteiger partial charge in [-0.25, -0.2) is 4.98 Å². The fraction of sp³-hybridized carbons (Fsp3) is 0.211. The molecule has 0 N–H and O–H groups in total. The Kier molecular flexibility index (Phi) is 6.33. The molecule has 3 rings (SSSR count). The molecule has 1 aromatic heterocycles. The van der Waals surface area contributed by atoms with Crippen LogP contribution in [0.5, 0.6) is 11.5 Å². The van der Waals surface area contributed by atoms with Gasteiger partial charge in [-0.2, -0.15) is 0 Å². The Labute approximate surface area is 171 Å². The van der Waals surface area contributed by atoms with Gasteiger partial charge in [0, 0.05) is 29.6 Å². The van der Waals surface area contributed by atoms with Gasteiger partial charge in [0.15, 0.2) is 16.6 Å². The molecule has 0 atom stereocenters. The van der Waals surface area contributed by atoms with Crippen molar-refractivity contribution in [2.24, 2.45) is 0 Å². The van der Waals surface area contributed by atoms with Gasteiger partial charge < -0.3 is 14.4 Å². The van der Waals surface area contributed by atoms with Crippen LogP contribution in [0.25, 0.3) is 11.3 Å². The molecule has 3 aromatic rings. The zero-order valence-electron chi connectivity index (χ0n) is 15.3. The molecule has 0 aliphatic carbocycles. The normalized spacial score (nSPS) is 10.5. The average molecular weight is 420 g/mol. The number of rotatable bonds is 8. The minimum absolute atomic E-state index is 0.0339. The topological polar surface area (TPSA) is 77.7 Å². The first-order chi connectivity index (χ1) is 13.5. The maximum atomic E-state index is 11.0. The number of anilines is 1. The van der Waals surface area contributed by atoms with E-state index in [-0.39, 0.29) is 11.7 Å². The van der Waals surface area contributed by atoms with E-state index in [1.165, 1.54) is 23.5 Å². The van der Waals surface area contributed by atoms with Gasteiger partial charge in [-0.15, -0.1) is 22.9 Å². The van der Waals surface area contributed by atoms with Crippen molar-refractivity contribution in [3.63, 3.8) is 0 Å². The Morgan fingerprint density at radius 2 is 1.96 bits per heavy atom. The van der Waals surface area contributed by atoms with Crippen molar-refractivity contribution < 1.29 is 14.4 Å². The Bertz CT molecular complexity index is 979. The summed E-state index contributed by atoms with van der Waals surface area (Å²) in [7, 11) is 3.18. The predicted octanol–water partition coefficient (Wildman–Crippen LogP) is 4.94. The van der Waals surface area contributed by atoms with Gasteiger partial charge in [0.1, 0.15) is 0 Å². The number of methoxy groups -OCH3 is 2. The smallest absolute Gasteiger partial charge is 0.270 e. The summed E-state index contributed by atoms with van der Waals surface area (Å²) in [5, 5.41) is 13.6. The number of halogens is 1. The second kappa shape index (κ2) is 8.90. The van der Waals surface area contributed by atoms with Crippen LogP contribution in [0.15, 0.2) is 47.8 Å². The van der Waals surface area contributed by atoms with Crippen molar-refractivity contribution in [3.05, 3.63) is 63.5 Å². The molecule has 0 bridgehead atoms. The third kappa shape index (κ3) is 4.35. The van der Waals surface area contributed by atoms with Crippen LogP contribution in [-0.2, 0) is 6.54 Å². The number of hydrogen-bond donors (Lipinski definition) is 0. The molecule has 0 unspecified atom stereocenters. The van der Waals surface area contributed by atoms with Gasteiger partial charge in [0.2, 0.25) is 0 Å².